The molecule has 4 heterocycles. The number of carbonyl (C=O) groups is 4. The van der Waals surface area contributed by atoms with Crippen molar-refractivity contribution in [2.45, 2.75) is 118 Å². The van der Waals surface area contributed by atoms with Gasteiger partial charge >= 0.3 is 0 Å². The second-order valence-corrected chi connectivity index (χ2v) is 26.4. The summed E-state index contributed by atoms with van der Waals surface area (Å²) >= 11 is 0. The molecule has 0 saturated heterocycles. The molecule has 0 bridgehead atoms. The number of unbranched alkanes of at least 4 members (excludes halogenated alkanes) is 1. The minimum atomic E-state index is -0.00328. The molecule has 0 saturated carbocycles. The number of rotatable bonds is 17. The van der Waals surface area contributed by atoms with Gasteiger partial charge in [-0.25, -0.2) is 0 Å². The standard InChI is InChI=1S/2C22H28N2O.2C19H22N2O/c1-16(2)15-24-13-12-18-6-4-5-7-20(18)21(24)14-23-22(25)19-10-8-17(3)9-11-19;1-3-4-14-24-15-13-18-7-5-6-8-20(18)21(24)16-23-22(25)19-11-9-17(2)10-12-19;1-14-7-9-16(10-8-14)19(22)20-13-18-17-6-4-3-5-15(17)11-12-21(18)2;1-13-7-8-16(14(2)11-13)19(22)21-12-18-17-6-4-3-5-15(17)9-10-20-18/h4-11,16,21H,12-15H2,1-3H3,(H,23,25);5-12,21H,3-4,13-16H2,1-2H3,(H,23,25);3-10,18H,11-13H2,1-2H3,(H,20,22);3-8,11,18,20H,9-10,12H2,1-2H3,(H,21,22). The van der Waals surface area contributed by atoms with Crippen LogP contribution in [0.2, 0.25) is 0 Å². The van der Waals surface area contributed by atoms with Crippen molar-refractivity contribution in [2.75, 3.05) is 72.5 Å². The van der Waals surface area contributed by atoms with Crippen LogP contribution in [0, 0.1) is 40.5 Å². The van der Waals surface area contributed by atoms with Crippen LogP contribution in [0.3, 0.4) is 0 Å². The second kappa shape index (κ2) is 34.6. The molecule has 12 nitrogen and oxygen atoms in total. The van der Waals surface area contributed by atoms with Gasteiger partial charge in [0.1, 0.15) is 0 Å². The zero-order valence-corrected chi connectivity index (χ0v) is 57.1. The highest BCUT2D eigenvalue weighted by molar-refractivity contribution is 5.96. The van der Waals surface area contributed by atoms with Gasteiger partial charge in [0.05, 0.1) is 18.1 Å². The maximum atomic E-state index is 12.5. The lowest BCUT2D eigenvalue weighted by molar-refractivity contribution is 0.0917. The first-order valence-corrected chi connectivity index (χ1v) is 34.2. The van der Waals surface area contributed by atoms with E-state index in [1.807, 2.05) is 126 Å². The minimum absolute atomic E-state index is 0.00218. The van der Waals surface area contributed by atoms with Crippen molar-refractivity contribution in [1.82, 2.24) is 41.3 Å². The van der Waals surface area contributed by atoms with Crippen molar-refractivity contribution in [1.29, 1.82) is 0 Å². The summed E-state index contributed by atoms with van der Waals surface area (Å²) in [5.41, 5.74) is 19.6. The molecule has 8 aromatic rings. The third-order valence-electron chi connectivity index (χ3n) is 18.7. The molecule has 4 aliphatic heterocycles. The average molecular weight is 1260 g/mol. The molecular formula is C82H100N8O4. The monoisotopic (exact) mass is 1260 g/mol. The molecule has 4 atom stereocenters. The Morgan fingerprint density at radius 2 is 0.840 bits per heavy atom. The Hall–Kier alpha value is -8.52. The first-order valence-electron chi connectivity index (χ1n) is 34.2. The lowest BCUT2D eigenvalue weighted by atomic mass is 9.91. The molecule has 0 aromatic heterocycles. The van der Waals surface area contributed by atoms with Crippen molar-refractivity contribution >= 4 is 23.6 Å². The molecule has 492 valence electrons. The highest BCUT2D eigenvalue weighted by Gasteiger charge is 2.30. The van der Waals surface area contributed by atoms with E-state index in [9.17, 15) is 19.2 Å². The molecule has 4 unspecified atom stereocenters. The molecule has 0 aliphatic carbocycles. The third-order valence-corrected chi connectivity index (χ3v) is 18.7. The molecule has 4 amide bonds. The molecule has 4 aliphatic rings. The number of hydrogen-bond acceptors (Lipinski definition) is 8. The summed E-state index contributed by atoms with van der Waals surface area (Å²) in [6, 6.07) is 64.4. The summed E-state index contributed by atoms with van der Waals surface area (Å²) in [4.78, 5) is 57.1. The maximum absolute atomic E-state index is 12.5. The van der Waals surface area contributed by atoms with Crippen LogP contribution in [0.1, 0.15) is 172 Å². The summed E-state index contributed by atoms with van der Waals surface area (Å²) < 4.78 is 0. The summed E-state index contributed by atoms with van der Waals surface area (Å²) in [5, 5.41) is 15.9. The number of benzene rings is 8. The van der Waals surface area contributed by atoms with E-state index in [2.05, 4.69) is 166 Å². The highest BCUT2D eigenvalue weighted by atomic mass is 16.2. The fraction of sp³-hybridized carbons (Fsp3) is 0.366. The van der Waals surface area contributed by atoms with Crippen LogP contribution in [0.4, 0.5) is 0 Å². The number of aryl methyl sites for hydroxylation is 5. The first kappa shape index (κ1) is 69.8. The van der Waals surface area contributed by atoms with E-state index in [4.69, 9.17) is 0 Å². The van der Waals surface area contributed by atoms with Crippen LogP contribution in [0.15, 0.2) is 188 Å². The van der Waals surface area contributed by atoms with Crippen molar-refractivity contribution < 1.29 is 19.2 Å². The van der Waals surface area contributed by atoms with Gasteiger partial charge in [0.15, 0.2) is 0 Å². The van der Waals surface area contributed by atoms with Gasteiger partial charge in [-0.15, -0.1) is 0 Å². The Labute approximate surface area is 560 Å². The van der Waals surface area contributed by atoms with E-state index in [-0.39, 0.29) is 47.8 Å². The van der Waals surface area contributed by atoms with Crippen LogP contribution in [0.25, 0.3) is 0 Å². The third kappa shape index (κ3) is 19.3. The largest absolute Gasteiger partial charge is 0.350 e. The summed E-state index contributed by atoms with van der Waals surface area (Å²) in [6.07, 6.45) is 6.71. The molecule has 94 heavy (non-hydrogen) atoms. The fourth-order valence-electron chi connectivity index (χ4n) is 13.4. The predicted molar refractivity (Wildman–Crippen MR) is 384 cm³/mol. The van der Waals surface area contributed by atoms with Crippen molar-refractivity contribution in [2.24, 2.45) is 5.92 Å². The van der Waals surface area contributed by atoms with Crippen molar-refractivity contribution in [3.63, 3.8) is 0 Å². The van der Waals surface area contributed by atoms with Crippen LogP contribution >= 0.6 is 0 Å². The van der Waals surface area contributed by atoms with Gasteiger partial charge in [0, 0.05) is 80.7 Å². The van der Waals surface area contributed by atoms with Gasteiger partial charge in [-0.05, 0) is 185 Å². The highest BCUT2D eigenvalue weighted by Crippen LogP contribution is 2.32. The Bertz CT molecular complexity index is 3770. The van der Waals surface area contributed by atoms with E-state index in [1.54, 1.807) is 0 Å². The van der Waals surface area contributed by atoms with Crippen LogP contribution < -0.4 is 26.6 Å². The quantitative estimate of drug-likeness (QED) is 0.0608. The summed E-state index contributed by atoms with van der Waals surface area (Å²) in [5.74, 6) is 0.630. The SMILES string of the molecule is CCCCN1CCc2ccccc2C1CNC(=O)c1ccc(C)cc1.Cc1ccc(C(=O)NCC2NCCc3ccccc32)c(C)c1.Cc1ccc(C(=O)NCC2c3ccccc3CCN2C)cc1.Cc1ccc(C(=O)NCC2c3ccccc3CCN2CC(C)C)cc1. The van der Waals surface area contributed by atoms with Crippen LogP contribution in [0.5, 0.6) is 0 Å². The predicted octanol–water partition coefficient (Wildman–Crippen LogP) is 14.0. The summed E-state index contributed by atoms with van der Waals surface area (Å²) in [6.45, 7) is 25.7. The van der Waals surface area contributed by atoms with E-state index in [1.165, 1.54) is 74.0 Å². The van der Waals surface area contributed by atoms with E-state index < -0.39 is 0 Å². The molecule has 0 radical (unpaired) electrons. The van der Waals surface area contributed by atoms with Gasteiger partial charge in [-0.1, -0.05) is 195 Å². The molecule has 8 aromatic carbocycles. The normalized spacial score (nSPS) is 17.3. The van der Waals surface area contributed by atoms with Gasteiger partial charge in [0.25, 0.3) is 23.6 Å². The first-order chi connectivity index (χ1) is 45.5. The number of nitrogens with one attached hydrogen (secondary N) is 5. The molecule has 12 heteroatoms. The maximum Gasteiger partial charge on any atom is 0.251 e. The van der Waals surface area contributed by atoms with Crippen molar-refractivity contribution in [3.8, 4) is 0 Å². The van der Waals surface area contributed by atoms with Gasteiger partial charge < -0.3 is 26.6 Å². The Kier molecular flexibility index (Phi) is 25.7. The van der Waals surface area contributed by atoms with Crippen LogP contribution in [-0.2, 0) is 25.7 Å². The topological polar surface area (TPSA) is 138 Å². The van der Waals surface area contributed by atoms with E-state index in [0.717, 1.165) is 98.3 Å². The van der Waals surface area contributed by atoms with Gasteiger partial charge in [-0.3, -0.25) is 33.9 Å². The Balaban J connectivity index is 0.000000148. The second-order valence-electron chi connectivity index (χ2n) is 26.4. The van der Waals surface area contributed by atoms with Gasteiger partial charge in [-0.2, -0.15) is 0 Å². The molecule has 0 fully saturated rings. The average Bonchev–Trinajstić information content (AvgIpc) is 0.852. The number of nitrogens with zero attached hydrogens (tertiary/aromatic N) is 3. The van der Waals surface area contributed by atoms with E-state index in [0.29, 0.717) is 32.1 Å². The lowest BCUT2D eigenvalue weighted by Crippen LogP contribution is -2.43. The number of fused-ring (bicyclic) bond motifs is 4. The molecule has 12 rings (SSSR count). The van der Waals surface area contributed by atoms with Crippen molar-refractivity contribution in [3.05, 3.63) is 283 Å². The number of carbonyl (C=O) groups excluding carboxylic acids is 4. The summed E-state index contributed by atoms with van der Waals surface area (Å²) in [7, 11) is 2.12. The Morgan fingerprint density at radius 1 is 0.447 bits per heavy atom. The lowest BCUT2D eigenvalue weighted by Gasteiger charge is -2.38. The Morgan fingerprint density at radius 3 is 1.31 bits per heavy atom. The zero-order chi connectivity index (χ0) is 66.5. The minimum Gasteiger partial charge on any atom is -0.350 e. The molecule has 5 N–H and O–H groups in total. The number of likely N-dealkylation sites (N-methyl/N-ethyl adjacent to an activating group) is 1. The van der Waals surface area contributed by atoms with E-state index >= 15 is 0 Å². The zero-order valence-electron chi connectivity index (χ0n) is 57.1. The fourth-order valence-corrected chi connectivity index (χ4v) is 13.4. The smallest absolute Gasteiger partial charge is 0.251 e. The molecule has 0 spiro atoms. The number of amides is 4. The van der Waals surface area contributed by atoms with Gasteiger partial charge in [0.2, 0.25) is 0 Å². The molecular weight excluding hydrogens is 1160 g/mol. The van der Waals surface area contributed by atoms with Crippen LogP contribution in [-0.4, -0.2) is 111 Å². The number of hydrogen-bond donors (Lipinski definition) is 5.